The van der Waals surface area contributed by atoms with E-state index in [0.717, 1.165) is 37.9 Å². The third-order valence-electron chi connectivity index (χ3n) is 4.06. The molecule has 0 spiro atoms. The van der Waals surface area contributed by atoms with Gasteiger partial charge in [-0.15, -0.1) is 0 Å². The van der Waals surface area contributed by atoms with Crippen LogP contribution in [0.1, 0.15) is 37.0 Å². The lowest BCUT2D eigenvalue weighted by Crippen LogP contribution is -2.40. The molecule has 1 saturated heterocycles. The molecule has 1 aromatic rings. The maximum absolute atomic E-state index is 13.0. The van der Waals surface area contributed by atoms with Gasteiger partial charge >= 0.3 is 0 Å². The monoisotopic (exact) mass is 370 g/mol. The van der Waals surface area contributed by atoms with E-state index in [1.54, 1.807) is 0 Å². The number of nitrogens with one attached hydrogen (secondary N) is 1. The highest BCUT2D eigenvalue weighted by atomic mass is 79.9. The number of benzene rings is 1. The molecule has 1 fully saturated rings. The first kappa shape index (κ1) is 17.4. The zero-order chi connectivity index (χ0) is 16.1. The number of nitrogens with zero attached hydrogens (tertiary/aromatic N) is 1. The van der Waals surface area contributed by atoms with Crippen LogP contribution >= 0.6 is 15.9 Å². The number of halogens is 2. The summed E-state index contributed by atoms with van der Waals surface area (Å²) in [6.07, 6.45) is 2.25. The maximum atomic E-state index is 13.0. The summed E-state index contributed by atoms with van der Waals surface area (Å²) in [4.78, 5) is 14.5. The largest absolute Gasteiger partial charge is 0.352 e. The Kier molecular flexibility index (Phi) is 6.38. The molecule has 0 unspecified atom stereocenters. The molecule has 1 heterocycles. The highest BCUT2D eigenvalue weighted by molar-refractivity contribution is 9.10. The topological polar surface area (TPSA) is 32.3 Å². The molecule has 1 aliphatic heterocycles. The Morgan fingerprint density at radius 1 is 1.36 bits per heavy atom. The Morgan fingerprint density at radius 3 is 2.68 bits per heavy atom. The van der Waals surface area contributed by atoms with Gasteiger partial charge in [-0.25, -0.2) is 4.39 Å². The fourth-order valence-corrected chi connectivity index (χ4v) is 3.78. The second kappa shape index (κ2) is 8.06. The number of amides is 1. The minimum absolute atomic E-state index is 0.160. The second-order valence-electron chi connectivity index (χ2n) is 6.44. The molecule has 0 bridgehead atoms. The van der Waals surface area contributed by atoms with Gasteiger partial charge in [-0.1, -0.05) is 13.8 Å². The van der Waals surface area contributed by atoms with Crippen molar-refractivity contribution in [2.24, 2.45) is 11.8 Å². The van der Waals surface area contributed by atoms with E-state index in [1.165, 1.54) is 24.6 Å². The van der Waals surface area contributed by atoms with E-state index >= 15 is 0 Å². The summed E-state index contributed by atoms with van der Waals surface area (Å²) in [7, 11) is 0. The summed E-state index contributed by atoms with van der Waals surface area (Å²) in [5.41, 5.74) is 0.474. The fourth-order valence-electron chi connectivity index (χ4n) is 3.25. The molecule has 1 aromatic carbocycles. The average molecular weight is 371 g/mol. The van der Waals surface area contributed by atoms with Crippen molar-refractivity contribution in [2.45, 2.75) is 26.7 Å². The van der Waals surface area contributed by atoms with Crippen molar-refractivity contribution < 1.29 is 9.18 Å². The van der Waals surface area contributed by atoms with E-state index in [2.05, 4.69) is 40.0 Å². The Hall–Kier alpha value is -0.940. The summed E-state index contributed by atoms with van der Waals surface area (Å²) < 4.78 is 13.5. The van der Waals surface area contributed by atoms with Gasteiger partial charge in [-0.05, 0) is 65.4 Å². The lowest BCUT2D eigenvalue weighted by molar-refractivity contribution is 0.0946. The van der Waals surface area contributed by atoms with Gasteiger partial charge in [0.2, 0.25) is 0 Å². The molecule has 22 heavy (non-hydrogen) atoms. The van der Waals surface area contributed by atoms with Gasteiger partial charge in [0.1, 0.15) is 5.82 Å². The zero-order valence-corrected chi connectivity index (χ0v) is 14.8. The Balaban J connectivity index is 1.73. The number of hydrogen-bond acceptors (Lipinski definition) is 2. The molecule has 5 heteroatoms. The first-order valence-electron chi connectivity index (χ1n) is 7.91. The molecule has 0 saturated carbocycles. The van der Waals surface area contributed by atoms with Gasteiger partial charge in [-0.3, -0.25) is 4.79 Å². The molecule has 0 radical (unpaired) electrons. The Labute approximate surface area is 140 Å². The quantitative estimate of drug-likeness (QED) is 0.801. The maximum Gasteiger partial charge on any atom is 0.252 e. The van der Waals surface area contributed by atoms with Crippen molar-refractivity contribution in [3.05, 3.63) is 34.1 Å². The second-order valence-corrected chi connectivity index (χ2v) is 7.29. The minimum atomic E-state index is -0.350. The van der Waals surface area contributed by atoms with Crippen LogP contribution in [0.4, 0.5) is 4.39 Å². The van der Waals surface area contributed by atoms with Gasteiger partial charge in [-0.2, -0.15) is 0 Å². The summed E-state index contributed by atoms with van der Waals surface area (Å²) in [5.74, 6) is 1.01. The first-order valence-corrected chi connectivity index (χ1v) is 8.70. The number of carbonyl (C=O) groups excluding carboxylic acids is 1. The van der Waals surface area contributed by atoms with Crippen LogP contribution in [-0.2, 0) is 0 Å². The van der Waals surface area contributed by atoms with Gasteiger partial charge in [0.05, 0.1) is 5.56 Å². The highest BCUT2D eigenvalue weighted by Gasteiger charge is 2.21. The van der Waals surface area contributed by atoms with Crippen LogP contribution in [0.2, 0.25) is 0 Å². The number of piperidine rings is 1. The number of rotatable bonds is 5. The van der Waals surface area contributed by atoms with Crippen LogP contribution in [0.25, 0.3) is 0 Å². The Bertz CT molecular complexity index is 513. The van der Waals surface area contributed by atoms with E-state index in [9.17, 15) is 9.18 Å². The van der Waals surface area contributed by atoms with Crippen LogP contribution in [-0.4, -0.2) is 37.0 Å². The van der Waals surface area contributed by atoms with E-state index in [4.69, 9.17) is 0 Å². The molecular weight excluding hydrogens is 347 g/mol. The van der Waals surface area contributed by atoms with Crippen molar-refractivity contribution in [1.29, 1.82) is 0 Å². The highest BCUT2D eigenvalue weighted by Crippen LogP contribution is 2.21. The normalized spacial score (nSPS) is 22.5. The number of hydrogen-bond donors (Lipinski definition) is 1. The zero-order valence-electron chi connectivity index (χ0n) is 13.2. The van der Waals surface area contributed by atoms with Crippen molar-refractivity contribution in [2.75, 3.05) is 26.2 Å². The van der Waals surface area contributed by atoms with Crippen LogP contribution in [0, 0.1) is 17.7 Å². The first-order chi connectivity index (χ1) is 10.5. The molecular formula is C17H24BrFN2O. The lowest BCUT2D eigenvalue weighted by atomic mass is 9.92. The van der Waals surface area contributed by atoms with Crippen molar-refractivity contribution in [3.63, 3.8) is 0 Å². The fraction of sp³-hybridized carbons (Fsp3) is 0.588. The van der Waals surface area contributed by atoms with Crippen LogP contribution < -0.4 is 5.32 Å². The van der Waals surface area contributed by atoms with Crippen LogP contribution in [0.5, 0.6) is 0 Å². The minimum Gasteiger partial charge on any atom is -0.352 e. The lowest BCUT2D eigenvalue weighted by Gasteiger charge is -2.34. The molecule has 1 aliphatic rings. The predicted octanol–water partition coefficient (Wildman–Crippen LogP) is 3.69. The Morgan fingerprint density at radius 2 is 2.05 bits per heavy atom. The van der Waals surface area contributed by atoms with Crippen LogP contribution in [0.15, 0.2) is 22.7 Å². The smallest absolute Gasteiger partial charge is 0.252 e. The standard InChI is InChI=1S/C17H24BrFN2O/c1-12-8-13(2)11-21(10-12)7-3-6-20-17(22)15-5-4-14(19)9-16(15)18/h4-5,9,12-13H,3,6-8,10-11H2,1-2H3,(H,20,22)/t12-,13-/m1/s1. The third kappa shape index (κ3) is 5.06. The van der Waals surface area contributed by atoms with E-state index < -0.39 is 0 Å². The molecule has 3 nitrogen and oxygen atoms in total. The van der Waals surface area contributed by atoms with Crippen molar-refractivity contribution in [3.8, 4) is 0 Å². The average Bonchev–Trinajstić information content (AvgIpc) is 2.42. The number of likely N-dealkylation sites (tertiary alicyclic amines) is 1. The van der Waals surface area contributed by atoms with Gasteiger partial charge in [0, 0.05) is 24.1 Å². The molecule has 0 aromatic heterocycles. The molecule has 2 rings (SSSR count). The molecule has 2 atom stereocenters. The van der Waals surface area contributed by atoms with Gasteiger partial charge < -0.3 is 10.2 Å². The summed E-state index contributed by atoms with van der Waals surface area (Å²) >= 11 is 3.22. The van der Waals surface area contributed by atoms with E-state index in [-0.39, 0.29) is 11.7 Å². The molecule has 122 valence electrons. The third-order valence-corrected chi connectivity index (χ3v) is 4.71. The SMILES string of the molecule is C[C@@H]1C[C@@H](C)CN(CCCNC(=O)c2ccc(F)cc2Br)C1. The van der Waals surface area contributed by atoms with Gasteiger partial charge in [0.25, 0.3) is 5.91 Å². The van der Waals surface area contributed by atoms with Gasteiger partial charge in [0.15, 0.2) is 0 Å². The van der Waals surface area contributed by atoms with Crippen molar-refractivity contribution in [1.82, 2.24) is 10.2 Å². The summed E-state index contributed by atoms with van der Waals surface area (Å²) in [5, 5.41) is 2.90. The number of carbonyl (C=O) groups is 1. The summed E-state index contributed by atoms with van der Waals surface area (Å²) in [6, 6.07) is 4.12. The predicted molar refractivity (Wildman–Crippen MR) is 90.4 cm³/mol. The van der Waals surface area contributed by atoms with Crippen LogP contribution in [0.3, 0.4) is 0 Å². The molecule has 1 amide bonds. The molecule has 1 N–H and O–H groups in total. The van der Waals surface area contributed by atoms with E-state index in [0.29, 0.717) is 16.6 Å². The molecule has 0 aliphatic carbocycles. The van der Waals surface area contributed by atoms with E-state index in [1.807, 2.05) is 0 Å². The summed E-state index contributed by atoms with van der Waals surface area (Å²) in [6.45, 7) is 8.57. The van der Waals surface area contributed by atoms with Crippen molar-refractivity contribution >= 4 is 21.8 Å².